The minimum atomic E-state index is -0.106. The summed E-state index contributed by atoms with van der Waals surface area (Å²) < 4.78 is 1.88. The second-order valence-electron chi connectivity index (χ2n) is 6.26. The van der Waals surface area contributed by atoms with E-state index in [4.69, 9.17) is 0 Å². The second-order valence-corrected chi connectivity index (χ2v) is 6.26. The van der Waals surface area contributed by atoms with Gasteiger partial charge in [-0.3, -0.25) is 9.59 Å². The van der Waals surface area contributed by atoms with Crippen LogP contribution in [0.15, 0.2) is 67.0 Å². The van der Waals surface area contributed by atoms with Crippen molar-refractivity contribution in [3.63, 3.8) is 0 Å². The smallest absolute Gasteiger partial charge is 0.222 e. The SMILES string of the molecule is CN(C)c1cc[n+](-c2cccc3c2C(=O)c2ccccc2C3=O)cc1. The van der Waals surface area contributed by atoms with Crippen molar-refractivity contribution >= 4 is 17.3 Å². The maximum Gasteiger partial charge on any atom is 0.222 e. The monoisotopic (exact) mass is 329 g/mol. The molecule has 0 bridgehead atoms. The van der Waals surface area contributed by atoms with Gasteiger partial charge in [-0.05, 0) is 6.07 Å². The number of hydrogen-bond acceptors (Lipinski definition) is 3. The number of benzene rings is 2. The third kappa shape index (κ3) is 2.34. The Bertz CT molecular complexity index is 1000. The average Bonchev–Trinajstić information content (AvgIpc) is 2.65. The van der Waals surface area contributed by atoms with Crippen molar-refractivity contribution in [1.29, 1.82) is 0 Å². The van der Waals surface area contributed by atoms with Gasteiger partial charge in [0.25, 0.3) is 0 Å². The van der Waals surface area contributed by atoms with Crippen LogP contribution >= 0.6 is 0 Å². The summed E-state index contributed by atoms with van der Waals surface area (Å²) in [5, 5.41) is 0. The first-order valence-electron chi connectivity index (χ1n) is 8.08. The number of pyridine rings is 1. The number of carbonyl (C=O) groups excluding carboxylic acids is 2. The van der Waals surface area contributed by atoms with Crippen LogP contribution in [-0.4, -0.2) is 25.7 Å². The van der Waals surface area contributed by atoms with Gasteiger partial charge in [0.15, 0.2) is 18.2 Å². The summed E-state index contributed by atoms with van der Waals surface area (Å²) in [6.45, 7) is 0. The van der Waals surface area contributed by atoms with Crippen LogP contribution in [0.25, 0.3) is 5.69 Å². The zero-order chi connectivity index (χ0) is 17.6. The van der Waals surface area contributed by atoms with Gasteiger partial charge in [0.05, 0.1) is 0 Å². The molecule has 0 saturated carbocycles. The molecule has 1 heterocycles. The number of aromatic nitrogens is 1. The van der Waals surface area contributed by atoms with Crippen molar-refractivity contribution in [1.82, 2.24) is 0 Å². The van der Waals surface area contributed by atoms with Crippen LogP contribution in [0.5, 0.6) is 0 Å². The van der Waals surface area contributed by atoms with E-state index in [-0.39, 0.29) is 11.6 Å². The minimum absolute atomic E-state index is 0.0995. The molecule has 0 amide bonds. The lowest BCUT2D eigenvalue weighted by Gasteiger charge is -2.17. The van der Waals surface area contributed by atoms with E-state index in [9.17, 15) is 9.59 Å². The first kappa shape index (κ1) is 15.3. The standard InChI is InChI=1S/C21H17N2O2/c1-22(2)14-10-12-23(13-11-14)18-9-5-8-17-19(18)21(25)16-7-4-3-6-15(16)20(17)24/h3-13H,1-2H3/q+1. The number of nitrogens with zero attached hydrogens (tertiary/aromatic N) is 2. The third-order valence-electron chi connectivity index (χ3n) is 4.54. The molecule has 1 aliphatic carbocycles. The van der Waals surface area contributed by atoms with Crippen LogP contribution < -0.4 is 9.47 Å². The fourth-order valence-electron chi connectivity index (χ4n) is 3.22. The zero-order valence-corrected chi connectivity index (χ0v) is 14.1. The molecule has 25 heavy (non-hydrogen) atoms. The molecule has 0 saturated heterocycles. The van der Waals surface area contributed by atoms with Crippen LogP contribution in [0, 0.1) is 0 Å². The summed E-state index contributed by atoms with van der Waals surface area (Å²) in [5.41, 5.74) is 3.66. The van der Waals surface area contributed by atoms with E-state index in [1.54, 1.807) is 30.3 Å². The lowest BCUT2D eigenvalue weighted by molar-refractivity contribution is -0.595. The molecule has 0 unspecified atom stereocenters. The molecule has 0 fully saturated rings. The van der Waals surface area contributed by atoms with E-state index >= 15 is 0 Å². The Labute approximate surface area is 146 Å². The van der Waals surface area contributed by atoms with Gasteiger partial charge >= 0.3 is 0 Å². The quantitative estimate of drug-likeness (QED) is 0.531. The topological polar surface area (TPSA) is 41.3 Å². The molecule has 0 aliphatic heterocycles. The molecule has 0 atom stereocenters. The van der Waals surface area contributed by atoms with E-state index < -0.39 is 0 Å². The van der Waals surface area contributed by atoms with E-state index in [1.807, 2.05) is 60.2 Å². The second kappa shape index (κ2) is 5.67. The summed E-state index contributed by atoms with van der Waals surface area (Å²) in [6, 6.07) is 16.4. The largest absolute Gasteiger partial charge is 0.377 e. The van der Waals surface area contributed by atoms with Gasteiger partial charge in [0.2, 0.25) is 11.5 Å². The molecule has 4 heteroatoms. The summed E-state index contributed by atoms with van der Waals surface area (Å²) in [5.74, 6) is -0.206. The zero-order valence-electron chi connectivity index (χ0n) is 14.1. The molecular weight excluding hydrogens is 312 g/mol. The van der Waals surface area contributed by atoms with Gasteiger partial charge in [0.1, 0.15) is 5.56 Å². The van der Waals surface area contributed by atoms with E-state index in [0.29, 0.717) is 22.3 Å². The van der Waals surface area contributed by atoms with Crippen LogP contribution in [0.1, 0.15) is 31.8 Å². The number of rotatable bonds is 2. The molecular formula is C21H17N2O2+. The van der Waals surface area contributed by atoms with Crippen molar-refractivity contribution in [3.05, 3.63) is 89.2 Å². The van der Waals surface area contributed by atoms with Gasteiger partial charge in [-0.15, -0.1) is 0 Å². The van der Waals surface area contributed by atoms with Crippen molar-refractivity contribution in [2.45, 2.75) is 0 Å². The van der Waals surface area contributed by atoms with Gasteiger partial charge < -0.3 is 4.90 Å². The minimum Gasteiger partial charge on any atom is -0.377 e. The third-order valence-corrected chi connectivity index (χ3v) is 4.54. The van der Waals surface area contributed by atoms with Gasteiger partial charge in [-0.2, -0.15) is 4.57 Å². The van der Waals surface area contributed by atoms with Crippen LogP contribution in [0.4, 0.5) is 5.69 Å². The molecule has 122 valence electrons. The van der Waals surface area contributed by atoms with Crippen molar-refractivity contribution in [2.75, 3.05) is 19.0 Å². The Morgan fingerprint density at radius 3 is 1.96 bits per heavy atom. The molecule has 0 radical (unpaired) electrons. The van der Waals surface area contributed by atoms with E-state index in [0.717, 1.165) is 11.4 Å². The van der Waals surface area contributed by atoms with Crippen LogP contribution in [0.3, 0.4) is 0 Å². The summed E-state index contributed by atoms with van der Waals surface area (Å²) >= 11 is 0. The summed E-state index contributed by atoms with van der Waals surface area (Å²) in [4.78, 5) is 27.9. The van der Waals surface area contributed by atoms with Crippen LogP contribution in [0.2, 0.25) is 0 Å². The molecule has 0 N–H and O–H groups in total. The lowest BCUT2D eigenvalue weighted by Crippen LogP contribution is -2.35. The maximum absolute atomic E-state index is 13.0. The van der Waals surface area contributed by atoms with Gasteiger partial charge in [-0.1, -0.05) is 30.3 Å². The van der Waals surface area contributed by atoms with E-state index in [1.165, 1.54) is 0 Å². The normalized spacial score (nSPS) is 12.6. The van der Waals surface area contributed by atoms with Crippen LogP contribution in [-0.2, 0) is 0 Å². The maximum atomic E-state index is 13.0. The number of ketones is 2. The molecule has 1 aromatic heterocycles. The Morgan fingerprint density at radius 2 is 1.32 bits per heavy atom. The molecule has 4 nitrogen and oxygen atoms in total. The molecule has 2 aromatic carbocycles. The highest BCUT2D eigenvalue weighted by Crippen LogP contribution is 2.29. The molecule has 1 aliphatic rings. The Hall–Kier alpha value is -3.27. The van der Waals surface area contributed by atoms with Crippen molar-refractivity contribution in [2.24, 2.45) is 0 Å². The van der Waals surface area contributed by atoms with Gasteiger partial charge in [0, 0.05) is 54.7 Å². The number of hydrogen-bond donors (Lipinski definition) is 0. The summed E-state index contributed by atoms with van der Waals surface area (Å²) in [7, 11) is 3.95. The predicted octanol–water partition coefficient (Wildman–Crippen LogP) is 2.80. The summed E-state index contributed by atoms with van der Waals surface area (Å²) in [6.07, 6.45) is 3.81. The highest BCUT2D eigenvalue weighted by Gasteiger charge is 2.34. The molecule has 3 aromatic rings. The first-order chi connectivity index (χ1) is 12.1. The first-order valence-corrected chi connectivity index (χ1v) is 8.08. The van der Waals surface area contributed by atoms with Crippen molar-refractivity contribution in [3.8, 4) is 5.69 Å². The van der Waals surface area contributed by atoms with Gasteiger partial charge in [-0.25, -0.2) is 0 Å². The van der Waals surface area contributed by atoms with E-state index in [2.05, 4.69) is 0 Å². The number of fused-ring (bicyclic) bond motifs is 2. The highest BCUT2D eigenvalue weighted by atomic mass is 16.1. The highest BCUT2D eigenvalue weighted by molar-refractivity contribution is 6.29. The fourth-order valence-corrected chi connectivity index (χ4v) is 3.22. The average molecular weight is 329 g/mol. The molecule has 0 spiro atoms. The number of carbonyl (C=O) groups is 2. The predicted molar refractivity (Wildman–Crippen MR) is 95.6 cm³/mol. The lowest BCUT2D eigenvalue weighted by atomic mass is 9.83. The Balaban J connectivity index is 1.90. The fraction of sp³-hybridized carbons (Fsp3) is 0.0952. The Kier molecular flexibility index (Phi) is 3.46. The molecule has 4 rings (SSSR count). The number of anilines is 1. The Morgan fingerprint density at radius 1 is 0.720 bits per heavy atom. The van der Waals surface area contributed by atoms with Crippen molar-refractivity contribution < 1.29 is 14.2 Å².